The maximum atomic E-state index is 13.4. The lowest BCUT2D eigenvalue weighted by Crippen LogP contribution is -2.32. The third-order valence-corrected chi connectivity index (χ3v) is 10.3. The molecule has 0 radical (unpaired) electrons. The summed E-state index contributed by atoms with van der Waals surface area (Å²) in [4.78, 5) is 16.1. The number of fused-ring (bicyclic) bond motifs is 1. The van der Waals surface area contributed by atoms with E-state index in [-0.39, 0.29) is 10.8 Å². The molecule has 0 spiro atoms. The number of unbranched alkanes of at least 4 members (excludes halogenated alkanes) is 1. The molecule has 1 aliphatic carbocycles. The average molecular weight is 587 g/mol. The normalized spacial score (nSPS) is 16.9. The van der Waals surface area contributed by atoms with Gasteiger partial charge in [0.15, 0.2) is 0 Å². The van der Waals surface area contributed by atoms with Gasteiger partial charge in [0, 0.05) is 43.1 Å². The highest BCUT2D eigenvalue weighted by Crippen LogP contribution is 2.39. The van der Waals surface area contributed by atoms with Gasteiger partial charge in [-0.2, -0.15) is 0 Å². The lowest BCUT2D eigenvalue weighted by Gasteiger charge is -2.31. The van der Waals surface area contributed by atoms with E-state index in [9.17, 15) is 13.2 Å². The van der Waals surface area contributed by atoms with E-state index in [1.807, 2.05) is 49.4 Å². The van der Waals surface area contributed by atoms with Crippen molar-refractivity contribution in [3.05, 3.63) is 89.5 Å². The molecule has 3 aromatic carbocycles. The van der Waals surface area contributed by atoms with E-state index in [0.717, 1.165) is 30.6 Å². The molecule has 1 amide bonds. The number of rotatable bonds is 11. The number of hydrogen-bond acceptors (Lipinski definition) is 5. The summed E-state index contributed by atoms with van der Waals surface area (Å²) in [5.74, 6) is -0.268. The Morgan fingerprint density at radius 1 is 0.952 bits per heavy atom. The molecular weight excluding hydrogens is 544 g/mol. The van der Waals surface area contributed by atoms with Gasteiger partial charge < -0.3 is 10.6 Å². The standard InChI is InChI=1S/C34H42N4O3S/c1-4-5-22-38(3)42(40,41)29-20-21-31-30(23-29)32(34(39)36-31)33(26-12-8-6-9-13-26)35-27-18-16-25(17-19-27)24-37(2)28-14-10-7-11-15-28/h6,8-9,12-13,16-21,23,28,35H,4-5,7,10-11,14-15,22,24H2,1-3H3,(H,36,39)/b33-32-. The summed E-state index contributed by atoms with van der Waals surface area (Å²) in [6.07, 6.45) is 8.20. The van der Waals surface area contributed by atoms with E-state index in [4.69, 9.17) is 0 Å². The fraction of sp³-hybridized carbons (Fsp3) is 0.382. The monoisotopic (exact) mass is 586 g/mol. The number of nitrogens with one attached hydrogen (secondary N) is 2. The van der Waals surface area contributed by atoms with E-state index < -0.39 is 10.0 Å². The number of carbonyl (C=O) groups excluding carboxylic acids is 1. The van der Waals surface area contributed by atoms with Crippen molar-refractivity contribution in [3.63, 3.8) is 0 Å². The second kappa shape index (κ2) is 13.2. The molecule has 1 saturated carbocycles. The zero-order valence-corrected chi connectivity index (χ0v) is 25.7. The van der Waals surface area contributed by atoms with Crippen LogP contribution in [0.5, 0.6) is 0 Å². The van der Waals surface area contributed by atoms with E-state index >= 15 is 0 Å². The van der Waals surface area contributed by atoms with Crippen LogP contribution >= 0.6 is 0 Å². The third-order valence-electron chi connectivity index (χ3n) is 8.44. The van der Waals surface area contributed by atoms with Gasteiger partial charge in [-0.1, -0.05) is 75.1 Å². The van der Waals surface area contributed by atoms with Crippen molar-refractivity contribution in [1.29, 1.82) is 0 Å². The van der Waals surface area contributed by atoms with Crippen molar-refractivity contribution in [3.8, 4) is 0 Å². The Bertz CT molecular complexity index is 1530. The molecule has 5 rings (SSSR count). The molecule has 2 N–H and O–H groups in total. The fourth-order valence-electron chi connectivity index (χ4n) is 5.90. The second-order valence-corrected chi connectivity index (χ2v) is 13.5. The summed E-state index contributed by atoms with van der Waals surface area (Å²) >= 11 is 0. The highest BCUT2D eigenvalue weighted by molar-refractivity contribution is 7.89. The van der Waals surface area contributed by atoms with Crippen LogP contribution in [-0.2, 0) is 21.4 Å². The van der Waals surface area contributed by atoms with Crippen molar-refractivity contribution in [2.45, 2.75) is 69.4 Å². The van der Waals surface area contributed by atoms with Crippen LogP contribution < -0.4 is 10.6 Å². The van der Waals surface area contributed by atoms with Gasteiger partial charge in [0.2, 0.25) is 10.0 Å². The summed E-state index contributed by atoms with van der Waals surface area (Å²) in [5.41, 5.74) is 5.16. The number of carbonyl (C=O) groups is 1. The van der Waals surface area contributed by atoms with Crippen LogP contribution in [0.4, 0.5) is 11.4 Å². The molecule has 0 aromatic heterocycles. The number of sulfonamides is 1. The number of benzene rings is 3. The van der Waals surface area contributed by atoms with Crippen molar-refractivity contribution >= 4 is 38.6 Å². The number of amides is 1. The van der Waals surface area contributed by atoms with Crippen LogP contribution in [0.25, 0.3) is 11.3 Å². The Hall–Kier alpha value is -3.46. The molecule has 0 atom stereocenters. The van der Waals surface area contributed by atoms with E-state index in [1.54, 1.807) is 25.2 Å². The Morgan fingerprint density at radius 2 is 1.67 bits per heavy atom. The molecule has 0 saturated heterocycles. The predicted molar refractivity (Wildman–Crippen MR) is 171 cm³/mol. The van der Waals surface area contributed by atoms with Crippen LogP contribution in [0.1, 0.15) is 68.6 Å². The SMILES string of the molecule is CCCCN(C)S(=O)(=O)c1ccc2c(c1)/C(=C(/Nc1ccc(CN(C)C3CCCCC3)cc1)c1ccccc1)C(=O)N2. The minimum Gasteiger partial charge on any atom is -0.354 e. The van der Waals surface area contributed by atoms with Crippen molar-refractivity contribution in [1.82, 2.24) is 9.21 Å². The van der Waals surface area contributed by atoms with Crippen LogP contribution in [0.2, 0.25) is 0 Å². The maximum absolute atomic E-state index is 13.4. The van der Waals surface area contributed by atoms with Crippen LogP contribution in [0.3, 0.4) is 0 Å². The Kier molecular flexibility index (Phi) is 9.46. The van der Waals surface area contributed by atoms with Gasteiger partial charge in [0.05, 0.1) is 16.2 Å². The molecule has 1 aliphatic heterocycles. The zero-order chi connectivity index (χ0) is 29.7. The summed E-state index contributed by atoms with van der Waals surface area (Å²) in [6.45, 7) is 3.38. The first kappa shape index (κ1) is 30.0. The first-order valence-corrected chi connectivity index (χ1v) is 16.5. The Morgan fingerprint density at radius 3 is 2.36 bits per heavy atom. The molecule has 3 aromatic rings. The molecule has 7 nitrogen and oxygen atoms in total. The van der Waals surface area contributed by atoms with Gasteiger partial charge in [-0.3, -0.25) is 9.69 Å². The zero-order valence-electron chi connectivity index (χ0n) is 24.9. The van der Waals surface area contributed by atoms with Gasteiger partial charge in [0.1, 0.15) is 0 Å². The van der Waals surface area contributed by atoms with Gasteiger partial charge in [-0.15, -0.1) is 0 Å². The smallest absolute Gasteiger partial charge is 0.258 e. The molecule has 8 heteroatoms. The largest absolute Gasteiger partial charge is 0.354 e. The fourth-order valence-corrected chi connectivity index (χ4v) is 7.13. The van der Waals surface area contributed by atoms with Gasteiger partial charge in [-0.25, -0.2) is 12.7 Å². The van der Waals surface area contributed by atoms with Crippen LogP contribution in [0, 0.1) is 0 Å². The second-order valence-electron chi connectivity index (χ2n) is 11.5. The highest BCUT2D eigenvalue weighted by atomic mass is 32.2. The first-order valence-electron chi connectivity index (χ1n) is 15.1. The number of anilines is 2. The van der Waals surface area contributed by atoms with Gasteiger partial charge in [-0.05, 0) is 67.8 Å². The highest BCUT2D eigenvalue weighted by Gasteiger charge is 2.31. The molecule has 0 bridgehead atoms. The van der Waals surface area contributed by atoms with Crippen molar-refractivity contribution in [2.24, 2.45) is 0 Å². The van der Waals surface area contributed by atoms with Crippen LogP contribution in [0.15, 0.2) is 77.7 Å². The van der Waals surface area contributed by atoms with Crippen molar-refractivity contribution < 1.29 is 13.2 Å². The van der Waals surface area contributed by atoms with Crippen molar-refractivity contribution in [2.75, 3.05) is 31.3 Å². The molecule has 0 unspecified atom stereocenters. The lowest BCUT2D eigenvalue weighted by molar-refractivity contribution is -0.110. The average Bonchev–Trinajstić information content (AvgIpc) is 3.34. The summed E-state index contributed by atoms with van der Waals surface area (Å²) in [5, 5.41) is 6.44. The molecule has 2 aliphatic rings. The minimum atomic E-state index is -3.70. The first-order chi connectivity index (χ1) is 20.3. The van der Waals surface area contributed by atoms with Gasteiger partial charge >= 0.3 is 0 Å². The molecule has 1 fully saturated rings. The number of hydrogen-bond donors (Lipinski definition) is 2. The molecular formula is C34H42N4O3S. The Labute approximate surface area is 250 Å². The summed E-state index contributed by atoms with van der Waals surface area (Å²) in [7, 11) is 0.119. The van der Waals surface area contributed by atoms with Crippen LogP contribution in [-0.4, -0.2) is 50.2 Å². The van der Waals surface area contributed by atoms with Gasteiger partial charge in [0.25, 0.3) is 5.91 Å². The molecule has 222 valence electrons. The maximum Gasteiger partial charge on any atom is 0.258 e. The van der Waals surface area contributed by atoms with E-state index in [1.165, 1.54) is 42.0 Å². The topological polar surface area (TPSA) is 81.8 Å². The molecule has 42 heavy (non-hydrogen) atoms. The Balaban J connectivity index is 1.47. The van der Waals surface area contributed by atoms with E-state index in [2.05, 4.69) is 34.7 Å². The van der Waals surface area contributed by atoms with E-state index in [0.29, 0.717) is 35.1 Å². The number of nitrogens with zero attached hydrogens (tertiary/aromatic N) is 2. The molecule has 1 heterocycles. The predicted octanol–water partition coefficient (Wildman–Crippen LogP) is 6.80. The summed E-state index contributed by atoms with van der Waals surface area (Å²) in [6, 6.07) is 23.6. The minimum absolute atomic E-state index is 0.174. The third kappa shape index (κ3) is 6.61. The quantitative estimate of drug-likeness (QED) is 0.242. The summed E-state index contributed by atoms with van der Waals surface area (Å²) < 4.78 is 28.1. The lowest BCUT2D eigenvalue weighted by atomic mass is 9.94.